The van der Waals surface area contributed by atoms with E-state index in [1.165, 1.54) is 0 Å². The molecule has 0 bridgehead atoms. The van der Waals surface area contributed by atoms with Crippen molar-refractivity contribution in [3.05, 3.63) is 0 Å². The van der Waals surface area contributed by atoms with Gasteiger partial charge in [0.1, 0.15) is 0 Å². The molecular weight excluding hydrogens is 180 g/mol. The van der Waals surface area contributed by atoms with Gasteiger partial charge in [-0.25, -0.2) is 0 Å². The minimum atomic E-state index is 0.233. The lowest BCUT2D eigenvalue weighted by Gasteiger charge is -2.43. The zero-order valence-corrected chi connectivity index (χ0v) is 9.19. The fourth-order valence-corrected chi connectivity index (χ4v) is 2.15. The molecular formula is C10H22N2O2. The molecule has 2 atom stereocenters. The van der Waals surface area contributed by atoms with E-state index in [0.717, 1.165) is 26.2 Å². The third-order valence-corrected chi connectivity index (χ3v) is 3.02. The number of β-amino-alcohol motifs (C(OH)–C–C–N with tert-alkyl or cyclic N) is 2. The molecule has 0 amide bonds. The molecule has 84 valence electrons. The molecule has 14 heavy (non-hydrogen) atoms. The summed E-state index contributed by atoms with van der Waals surface area (Å²) in [5.41, 5.74) is 0. The highest BCUT2D eigenvalue weighted by Crippen LogP contribution is 2.13. The van der Waals surface area contributed by atoms with Crippen LogP contribution in [0.25, 0.3) is 0 Å². The lowest BCUT2D eigenvalue weighted by molar-refractivity contribution is 0.0242. The molecule has 2 N–H and O–H groups in total. The second-order valence-corrected chi connectivity index (χ2v) is 4.14. The van der Waals surface area contributed by atoms with Crippen LogP contribution >= 0.6 is 0 Å². The number of aliphatic hydroxyl groups is 2. The molecule has 1 fully saturated rings. The summed E-state index contributed by atoms with van der Waals surface area (Å²) in [4.78, 5) is 4.61. The second-order valence-electron chi connectivity index (χ2n) is 4.14. The molecule has 0 aromatic rings. The number of rotatable bonds is 4. The predicted octanol–water partition coefficient (Wildman–Crippen LogP) is -0.634. The fraction of sp³-hybridized carbons (Fsp3) is 1.00. The van der Waals surface area contributed by atoms with E-state index in [1.54, 1.807) is 0 Å². The van der Waals surface area contributed by atoms with Crippen LogP contribution in [0.3, 0.4) is 0 Å². The Morgan fingerprint density at radius 2 is 1.29 bits per heavy atom. The molecule has 0 saturated carbocycles. The summed E-state index contributed by atoms with van der Waals surface area (Å²) >= 11 is 0. The number of nitrogens with zero attached hydrogens (tertiary/aromatic N) is 2. The molecule has 4 nitrogen and oxygen atoms in total. The highest BCUT2D eigenvalue weighted by Gasteiger charge is 2.27. The van der Waals surface area contributed by atoms with Crippen LogP contribution in [0.2, 0.25) is 0 Å². The Labute approximate surface area is 86.1 Å². The summed E-state index contributed by atoms with van der Waals surface area (Å²) in [6, 6.07) is 0.954. The van der Waals surface area contributed by atoms with Gasteiger partial charge in [-0.15, -0.1) is 0 Å². The zero-order chi connectivity index (χ0) is 10.6. The molecule has 1 aliphatic rings. The molecule has 0 aromatic heterocycles. The summed E-state index contributed by atoms with van der Waals surface area (Å²) in [5, 5.41) is 17.8. The van der Waals surface area contributed by atoms with Gasteiger partial charge in [0, 0.05) is 38.3 Å². The van der Waals surface area contributed by atoms with Crippen molar-refractivity contribution >= 4 is 0 Å². The van der Waals surface area contributed by atoms with Crippen molar-refractivity contribution < 1.29 is 10.2 Å². The first kappa shape index (κ1) is 11.9. The van der Waals surface area contributed by atoms with E-state index in [0.29, 0.717) is 12.1 Å². The first-order valence-corrected chi connectivity index (χ1v) is 5.38. The van der Waals surface area contributed by atoms with Crippen molar-refractivity contribution in [2.45, 2.75) is 25.9 Å². The lowest BCUT2D eigenvalue weighted by atomic mass is 10.1. The Balaban J connectivity index is 2.44. The van der Waals surface area contributed by atoms with Crippen molar-refractivity contribution in [2.75, 3.05) is 39.4 Å². The summed E-state index contributed by atoms with van der Waals surface area (Å²) < 4.78 is 0. The van der Waals surface area contributed by atoms with Crippen molar-refractivity contribution in [1.82, 2.24) is 9.80 Å². The van der Waals surface area contributed by atoms with Gasteiger partial charge in [0.25, 0.3) is 0 Å². The van der Waals surface area contributed by atoms with E-state index >= 15 is 0 Å². The Bertz CT molecular complexity index is 148. The zero-order valence-electron chi connectivity index (χ0n) is 9.19. The van der Waals surface area contributed by atoms with E-state index in [4.69, 9.17) is 10.2 Å². The third kappa shape index (κ3) is 2.92. The largest absolute Gasteiger partial charge is 0.395 e. The van der Waals surface area contributed by atoms with Crippen LogP contribution in [-0.2, 0) is 0 Å². The van der Waals surface area contributed by atoms with Gasteiger partial charge in [0.2, 0.25) is 0 Å². The average molecular weight is 202 g/mol. The van der Waals surface area contributed by atoms with Crippen LogP contribution in [0, 0.1) is 0 Å². The Kier molecular flexibility index (Phi) is 4.81. The van der Waals surface area contributed by atoms with Gasteiger partial charge in [0.15, 0.2) is 0 Å². The summed E-state index contributed by atoms with van der Waals surface area (Å²) in [6.07, 6.45) is 0. The molecule has 0 unspecified atom stereocenters. The SMILES string of the molecule is C[C@H]1CN(CCO)[C@@H](C)CN1CCO. The number of hydrogen-bond donors (Lipinski definition) is 2. The van der Waals surface area contributed by atoms with E-state index < -0.39 is 0 Å². The third-order valence-electron chi connectivity index (χ3n) is 3.02. The molecule has 0 spiro atoms. The predicted molar refractivity (Wildman–Crippen MR) is 56.2 cm³/mol. The number of hydrogen-bond acceptors (Lipinski definition) is 4. The molecule has 0 radical (unpaired) electrons. The minimum Gasteiger partial charge on any atom is -0.395 e. The molecule has 0 aliphatic carbocycles. The average Bonchev–Trinajstić information content (AvgIpc) is 2.14. The van der Waals surface area contributed by atoms with Crippen LogP contribution in [0.4, 0.5) is 0 Å². The van der Waals surface area contributed by atoms with Crippen molar-refractivity contribution in [3.8, 4) is 0 Å². The van der Waals surface area contributed by atoms with E-state index in [2.05, 4.69) is 23.6 Å². The van der Waals surface area contributed by atoms with Gasteiger partial charge in [0.05, 0.1) is 13.2 Å². The number of piperazine rings is 1. The topological polar surface area (TPSA) is 46.9 Å². The summed E-state index contributed by atoms with van der Waals surface area (Å²) in [7, 11) is 0. The Morgan fingerprint density at radius 3 is 1.57 bits per heavy atom. The lowest BCUT2D eigenvalue weighted by Crippen LogP contribution is -2.57. The Hall–Kier alpha value is -0.160. The molecule has 1 rings (SSSR count). The Morgan fingerprint density at radius 1 is 0.929 bits per heavy atom. The van der Waals surface area contributed by atoms with Gasteiger partial charge < -0.3 is 10.2 Å². The normalized spacial score (nSPS) is 30.9. The second kappa shape index (κ2) is 5.66. The molecule has 1 aliphatic heterocycles. The van der Waals surface area contributed by atoms with E-state index in [9.17, 15) is 0 Å². The summed E-state index contributed by atoms with van der Waals surface area (Å²) in [6.45, 7) is 8.31. The van der Waals surface area contributed by atoms with Gasteiger partial charge in [-0.1, -0.05) is 0 Å². The minimum absolute atomic E-state index is 0.233. The van der Waals surface area contributed by atoms with Crippen molar-refractivity contribution in [3.63, 3.8) is 0 Å². The molecule has 1 heterocycles. The standard InChI is InChI=1S/C10H22N2O2/c1-9-7-12(4-6-14)10(2)8-11(9)3-5-13/h9-10,13-14H,3-8H2,1-2H3/t9-,10-/m0/s1. The first-order valence-electron chi connectivity index (χ1n) is 5.38. The van der Waals surface area contributed by atoms with Crippen LogP contribution in [0.15, 0.2) is 0 Å². The molecule has 4 heteroatoms. The maximum atomic E-state index is 8.90. The van der Waals surface area contributed by atoms with Crippen LogP contribution in [-0.4, -0.2) is 71.5 Å². The monoisotopic (exact) mass is 202 g/mol. The number of aliphatic hydroxyl groups excluding tert-OH is 2. The first-order chi connectivity index (χ1) is 6.69. The van der Waals surface area contributed by atoms with Crippen molar-refractivity contribution in [1.29, 1.82) is 0 Å². The van der Waals surface area contributed by atoms with Gasteiger partial charge >= 0.3 is 0 Å². The van der Waals surface area contributed by atoms with Gasteiger partial charge in [-0.2, -0.15) is 0 Å². The van der Waals surface area contributed by atoms with Crippen LogP contribution < -0.4 is 0 Å². The smallest absolute Gasteiger partial charge is 0.0558 e. The fourth-order valence-electron chi connectivity index (χ4n) is 2.15. The van der Waals surface area contributed by atoms with Crippen LogP contribution in [0.5, 0.6) is 0 Å². The van der Waals surface area contributed by atoms with Gasteiger partial charge in [-0.05, 0) is 13.8 Å². The van der Waals surface area contributed by atoms with Crippen LogP contribution in [0.1, 0.15) is 13.8 Å². The van der Waals surface area contributed by atoms with E-state index in [1.807, 2.05) is 0 Å². The summed E-state index contributed by atoms with van der Waals surface area (Å²) in [5.74, 6) is 0. The maximum absolute atomic E-state index is 8.90. The highest BCUT2D eigenvalue weighted by atomic mass is 16.3. The maximum Gasteiger partial charge on any atom is 0.0558 e. The quantitative estimate of drug-likeness (QED) is 0.637. The van der Waals surface area contributed by atoms with Gasteiger partial charge in [-0.3, -0.25) is 9.80 Å². The van der Waals surface area contributed by atoms with Crippen molar-refractivity contribution in [2.24, 2.45) is 0 Å². The molecule has 0 aromatic carbocycles. The molecule has 1 saturated heterocycles. The van der Waals surface area contributed by atoms with E-state index in [-0.39, 0.29) is 13.2 Å². The highest BCUT2D eigenvalue weighted by molar-refractivity contribution is 4.84.